The van der Waals surface area contributed by atoms with Gasteiger partial charge in [-0.25, -0.2) is 0 Å². The number of benzene rings is 1. The zero-order valence-corrected chi connectivity index (χ0v) is 8.19. The molecule has 0 spiro atoms. The van der Waals surface area contributed by atoms with Gasteiger partial charge >= 0.3 is 6.18 Å². The highest BCUT2D eigenvalue weighted by molar-refractivity contribution is 6.17. The fourth-order valence-corrected chi connectivity index (χ4v) is 1.48. The first-order valence-electron chi connectivity index (χ1n) is 4.16. The van der Waals surface area contributed by atoms with Gasteiger partial charge in [-0.3, -0.25) is 0 Å². The Hall–Kier alpha value is -1.16. The van der Waals surface area contributed by atoms with E-state index >= 15 is 0 Å². The van der Waals surface area contributed by atoms with Crippen molar-refractivity contribution in [1.29, 1.82) is 0 Å². The Labute approximate surface area is 88.4 Å². The Kier molecular flexibility index (Phi) is 2.38. The van der Waals surface area contributed by atoms with Gasteiger partial charge in [-0.2, -0.15) is 13.2 Å². The summed E-state index contributed by atoms with van der Waals surface area (Å²) in [6, 6.07) is 5.69. The fourth-order valence-electron chi connectivity index (χ4n) is 1.32. The van der Waals surface area contributed by atoms with Crippen LogP contribution in [-0.4, -0.2) is 0 Å². The van der Waals surface area contributed by atoms with Crippen molar-refractivity contribution in [2.24, 2.45) is 0 Å². The molecule has 0 atom stereocenters. The quantitative estimate of drug-likeness (QED) is 0.675. The van der Waals surface area contributed by atoms with Gasteiger partial charge in [-0.05, 0) is 23.8 Å². The van der Waals surface area contributed by atoms with E-state index in [9.17, 15) is 13.2 Å². The predicted molar refractivity (Wildman–Crippen MR) is 50.8 cm³/mol. The lowest BCUT2D eigenvalue weighted by Gasteiger charge is -1.98. The molecule has 1 nitrogen and oxygen atoms in total. The summed E-state index contributed by atoms with van der Waals surface area (Å²) in [6.07, 6.45) is -4.44. The van der Waals surface area contributed by atoms with E-state index in [1.807, 2.05) is 0 Å². The number of hydrogen-bond acceptors (Lipinski definition) is 1. The number of fused-ring (bicyclic) bond motifs is 1. The maximum Gasteiger partial charge on any atom is 0.449 e. The minimum absolute atomic E-state index is 0.219. The number of furan rings is 1. The third kappa shape index (κ3) is 1.95. The van der Waals surface area contributed by atoms with Crippen molar-refractivity contribution in [2.45, 2.75) is 12.1 Å². The molecule has 0 bridgehead atoms. The SMILES string of the molecule is FC(F)(F)c1cc2cc(CCl)ccc2o1. The summed E-state index contributed by atoms with van der Waals surface area (Å²) in [5.74, 6) is -0.716. The second-order valence-corrected chi connectivity index (χ2v) is 3.38. The first-order chi connectivity index (χ1) is 7.00. The van der Waals surface area contributed by atoms with E-state index in [-0.39, 0.29) is 11.5 Å². The molecule has 1 aromatic heterocycles. The molecule has 0 saturated heterocycles. The first-order valence-corrected chi connectivity index (χ1v) is 4.70. The van der Waals surface area contributed by atoms with Crippen molar-refractivity contribution >= 4 is 22.6 Å². The third-order valence-corrected chi connectivity index (χ3v) is 2.32. The molecule has 0 N–H and O–H groups in total. The summed E-state index contributed by atoms with van der Waals surface area (Å²) in [5, 5.41) is 0.417. The van der Waals surface area contributed by atoms with E-state index in [0.29, 0.717) is 5.39 Å². The monoisotopic (exact) mass is 234 g/mol. The van der Waals surface area contributed by atoms with Crippen molar-refractivity contribution in [3.8, 4) is 0 Å². The molecule has 2 aromatic rings. The average molecular weight is 235 g/mol. The van der Waals surface area contributed by atoms with Gasteiger partial charge in [0, 0.05) is 11.3 Å². The molecule has 15 heavy (non-hydrogen) atoms. The van der Waals surface area contributed by atoms with Crippen molar-refractivity contribution in [1.82, 2.24) is 0 Å². The molecular weight excluding hydrogens is 229 g/mol. The summed E-state index contributed by atoms with van der Waals surface area (Å²) < 4.78 is 41.5. The molecular formula is C10H6ClF3O. The Bertz CT molecular complexity index is 487. The molecule has 5 heteroatoms. The Morgan fingerprint density at radius 3 is 2.53 bits per heavy atom. The zero-order chi connectivity index (χ0) is 11.1. The molecule has 0 saturated carbocycles. The van der Waals surface area contributed by atoms with Crippen LogP contribution >= 0.6 is 11.6 Å². The lowest BCUT2D eigenvalue weighted by Crippen LogP contribution is -2.01. The van der Waals surface area contributed by atoms with Gasteiger partial charge in [0.1, 0.15) is 5.58 Å². The van der Waals surface area contributed by atoms with Crippen LogP contribution in [-0.2, 0) is 12.1 Å². The molecule has 0 aliphatic carbocycles. The van der Waals surface area contributed by atoms with Gasteiger partial charge in [0.05, 0.1) is 0 Å². The van der Waals surface area contributed by atoms with E-state index in [1.165, 1.54) is 6.07 Å². The van der Waals surface area contributed by atoms with E-state index in [0.717, 1.165) is 11.6 Å². The van der Waals surface area contributed by atoms with Crippen LogP contribution in [0.4, 0.5) is 13.2 Å². The van der Waals surface area contributed by atoms with Crippen LogP contribution in [0.5, 0.6) is 0 Å². The second-order valence-electron chi connectivity index (χ2n) is 3.11. The van der Waals surface area contributed by atoms with Crippen LogP contribution in [0.3, 0.4) is 0 Å². The largest absolute Gasteiger partial charge is 0.452 e. The van der Waals surface area contributed by atoms with Gasteiger partial charge < -0.3 is 4.42 Å². The Balaban J connectivity index is 2.56. The number of halogens is 4. The van der Waals surface area contributed by atoms with Crippen molar-refractivity contribution < 1.29 is 17.6 Å². The van der Waals surface area contributed by atoms with Crippen LogP contribution in [0, 0.1) is 0 Å². The van der Waals surface area contributed by atoms with Gasteiger partial charge in [0.25, 0.3) is 0 Å². The summed E-state index contributed by atoms with van der Waals surface area (Å²) in [7, 11) is 0. The molecule has 0 aliphatic heterocycles. The minimum atomic E-state index is -4.44. The van der Waals surface area contributed by atoms with E-state index < -0.39 is 11.9 Å². The Morgan fingerprint density at radius 2 is 1.93 bits per heavy atom. The lowest BCUT2D eigenvalue weighted by molar-refractivity contribution is -0.152. The maximum absolute atomic E-state index is 12.3. The average Bonchev–Trinajstić information content (AvgIpc) is 2.59. The maximum atomic E-state index is 12.3. The second kappa shape index (κ2) is 3.45. The van der Waals surface area contributed by atoms with Crippen molar-refractivity contribution in [3.63, 3.8) is 0 Å². The topological polar surface area (TPSA) is 13.1 Å². The van der Waals surface area contributed by atoms with Crippen LogP contribution in [0.25, 0.3) is 11.0 Å². The molecule has 1 aromatic carbocycles. The molecule has 0 amide bonds. The molecule has 0 aliphatic rings. The van der Waals surface area contributed by atoms with Crippen LogP contribution < -0.4 is 0 Å². The summed E-state index contributed by atoms with van der Waals surface area (Å²) >= 11 is 5.57. The van der Waals surface area contributed by atoms with Crippen molar-refractivity contribution in [3.05, 3.63) is 35.6 Å². The standard InChI is InChI=1S/C10H6ClF3O/c11-5-6-1-2-8-7(3-6)4-9(15-8)10(12,13)14/h1-4H,5H2. The molecule has 80 valence electrons. The van der Waals surface area contributed by atoms with E-state index in [2.05, 4.69) is 4.42 Å². The minimum Gasteiger partial charge on any atom is -0.452 e. The van der Waals surface area contributed by atoms with Crippen LogP contribution in [0.2, 0.25) is 0 Å². The fraction of sp³-hybridized carbons (Fsp3) is 0.200. The lowest BCUT2D eigenvalue weighted by atomic mass is 10.2. The number of hydrogen-bond donors (Lipinski definition) is 0. The molecule has 0 fully saturated rings. The van der Waals surface area contributed by atoms with Crippen LogP contribution in [0.1, 0.15) is 11.3 Å². The van der Waals surface area contributed by atoms with Gasteiger partial charge in [0.2, 0.25) is 5.76 Å². The van der Waals surface area contributed by atoms with Gasteiger partial charge in [0.15, 0.2) is 0 Å². The highest BCUT2D eigenvalue weighted by atomic mass is 35.5. The van der Waals surface area contributed by atoms with Crippen LogP contribution in [0.15, 0.2) is 28.7 Å². The van der Waals surface area contributed by atoms with E-state index in [1.54, 1.807) is 12.1 Å². The summed E-state index contributed by atoms with van der Waals surface area (Å²) in [6.45, 7) is 0. The zero-order valence-electron chi connectivity index (χ0n) is 7.44. The van der Waals surface area contributed by atoms with Gasteiger partial charge in [-0.15, -0.1) is 11.6 Å². The first kappa shape index (κ1) is 10.4. The van der Waals surface area contributed by atoms with E-state index in [4.69, 9.17) is 11.6 Å². The third-order valence-electron chi connectivity index (χ3n) is 2.01. The predicted octanol–water partition coefficient (Wildman–Crippen LogP) is 4.19. The highest BCUT2D eigenvalue weighted by Gasteiger charge is 2.35. The highest BCUT2D eigenvalue weighted by Crippen LogP contribution is 2.34. The van der Waals surface area contributed by atoms with Gasteiger partial charge in [-0.1, -0.05) is 6.07 Å². The molecule has 2 rings (SSSR count). The number of rotatable bonds is 1. The Morgan fingerprint density at radius 1 is 1.20 bits per heavy atom. The molecule has 0 unspecified atom stereocenters. The smallest absolute Gasteiger partial charge is 0.449 e. The molecule has 1 heterocycles. The van der Waals surface area contributed by atoms with Crippen molar-refractivity contribution in [2.75, 3.05) is 0 Å². The summed E-state index contributed by atoms with van der Waals surface area (Å²) in [4.78, 5) is 0. The normalized spacial score (nSPS) is 12.3. The summed E-state index contributed by atoms with van der Waals surface area (Å²) in [5.41, 5.74) is 0.981. The molecule has 0 radical (unpaired) electrons. The number of alkyl halides is 4.